The monoisotopic (exact) mass is 284 g/mol. The predicted molar refractivity (Wildman–Crippen MR) is 63.3 cm³/mol. The summed E-state index contributed by atoms with van der Waals surface area (Å²) in [7, 11) is 1.84. The van der Waals surface area contributed by atoms with Crippen molar-refractivity contribution < 1.29 is 4.79 Å². The van der Waals surface area contributed by atoms with Crippen LogP contribution in [0, 0.1) is 0 Å². The summed E-state index contributed by atoms with van der Waals surface area (Å²) in [5.74, 6) is 0.115. The Morgan fingerprint density at radius 2 is 2.47 bits per heavy atom. The van der Waals surface area contributed by atoms with Gasteiger partial charge in [-0.1, -0.05) is 0 Å². The van der Waals surface area contributed by atoms with Crippen molar-refractivity contribution >= 4 is 33.0 Å². The highest BCUT2D eigenvalue weighted by Crippen LogP contribution is 2.21. The van der Waals surface area contributed by atoms with Crippen LogP contribution in [0.1, 0.15) is 15.4 Å². The molecule has 3 nitrogen and oxygen atoms in total. The smallest absolute Gasteiger partial charge is 0.178 e. The maximum Gasteiger partial charge on any atom is 0.178 e. The van der Waals surface area contributed by atoms with Crippen LogP contribution in [-0.4, -0.2) is 15.6 Å². The molecule has 0 aromatic carbocycles. The van der Waals surface area contributed by atoms with Crippen molar-refractivity contribution in [3.63, 3.8) is 0 Å². The Morgan fingerprint density at radius 1 is 1.67 bits per heavy atom. The molecule has 0 aliphatic heterocycles. The number of carbonyl (C=O) groups excluding carboxylic acids is 1. The molecule has 0 fully saturated rings. The van der Waals surface area contributed by atoms with Crippen LogP contribution < -0.4 is 0 Å². The number of hydrogen-bond donors (Lipinski definition) is 0. The van der Waals surface area contributed by atoms with E-state index in [-0.39, 0.29) is 5.78 Å². The number of rotatable bonds is 3. The van der Waals surface area contributed by atoms with Crippen LogP contribution in [0.4, 0.5) is 0 Å². The number of Topliss-reactive ketones (excluding diaryl/α,β-unsaturated/α-hetero) is 1. The quantitative estimate of drug-likeness (QED) is 0.813. The van der Waals surface area contributed by atoms with E-state index >= 15 is 0 Å². The van der Waals surface area contributed by atoms with Gasteiger partial charge in [-0.05, 0) is 28.1 Å². The van der Waals surface area contributed by atoms with Gasteiger partial charge in [0.05, 0.1) is 17.0 Å². The molecule has 0 aliphatic rings. The molecule has 0 unspecified atom stereocenters. The first-order valence-corrected chi connectivity index (χ1v) is 6.08. The zero-order chi connectivity index (χ0) is 10.8. The maximum atomic E-state index is 11.8. The summed E-state index contributed by atoms with van der Waals surface area (Å²) < 4.78 is 2.66. The van der Waals surface area contributed by atoms with Gasteiger partial charge in [0.15, 0.2) is 5.78 Å². The van der Waals surface area contributed by atoms with E-state index < -0.39 is 0 Å². The number of halogens is 1. The van der Waals surface area contributed by atoms with Gasteiger partial charge in [0.25, 0.3) is 0 Å². The first-order valence-electron chi connectivity index (χ1n) is 4.41. The summed E-state index contributed by atoms with van der Waals surface area (Å²) in [4.78, 5) is 12.5. The molecule has 2 heterocycles. The van der Waals surface area contributed by atoms with E-state index in [1.807, 2.05) is 30.8 Å². The Bertz CT molecular complexity index is 489. The lowest BCUT2D eigenvalue weighted by Gasteiger charge is -1.93. The molecule has 5 heteroatoms. The zero-order valence-electron chi connectivity index (χ0n) is 8.11. The van der Waals surface area contributed by atoms with Crippen molar-refractivity contribution in [3.8, 4) is 0 Å². The van der Waals surface area contributed by atoms with Crippen LogP contribution in [0.3, 0.4) is 0 Å². The fraction of sp³-hybridized carbons (Fsp3) is 0.200. The molecule has 0 bridgehead atoms. The van der Waals surface area contributed by atoms with E-state index in [2.05, 4.69) is 21.0 Å². The lowest BCUT2D eigenvalue weighted by atomic mass is 10.2. The summed E-state index contributed by atoms with van der Waals surface area (Å²) in [6, 6.07) is 3.70. The second-order valence-electron chi connectivity index (χ2n) is 3.21. The lowest BCUT2D eigenvalue weighted by Crippen LogP contribution is -2.02. The van der Waals surface area contributed by atoms with Gasteiger partial charge in [0.1, 0.15) is 0 Å². The molecule has 78 valence electrons. The molecule has 0 saturated heterocycles. The van der Waals surface area contributed by atoms with Crippen molar-refractivity contribution in [2.24, 2.45) is 7.05 Å². The number of carbonyl (C=O) groups is 1. The summed E-state index contributed by atoms with van der Waals surface area (Å²) in [6.45, 7) is 0. The second-order valence-corrected chi connectivity index (χ2v) is 5.04. The van der Waals surface area contributed by atoms with Crippen molar-refractivity contribution in [1.82, 2.24) is 9.78 Å². The number of aryl methyl sites for hydroxylation is 1. The minimum absolute atomic E-state index is 0.115. The van der Waals surface area contributed by atoms with Gasteiger partial charge in [-0.15, -0.1) is 11.3 Å². The van der Waals surface area contributed by atoms with Crippen LogP contribution in [0.2, 0.25) is 0 Å². The number of aromatic nitrogens is 2. The highest BCUT2D eigenvalue weighted by molar-refractivity contribution is 9.10. The molecule has 2 aromatic rings. The van der Waals surface area contributed by atoms with Crippen molar-refractivity contribution in [2.75, 3.05) is 0 Å². The molecular weight excluding hydrogens is 276 g/mol. The third-order valence-electron chi connectivity index (χ3n) is 1.95. The SMILES string of the molecule is Cn1ccc(CC(=O)c2cc(Br)cs2)n1. The summed E-state index contributed by atoms with van der Waals surface area (Å²) in [6.07, 6.45) is 2.21. The molecule has 0 spiro atoms. The molecule has 0 radical (unpaired) electrons. The van der Waals surface area contributed by atoms with E-state index in [1.54, 1.807) is 4.68 Å². The van der Waals surface area contributed by atoms with Gasteiger partial charge in [0, 0.05) is 23.1 Å². The first-order chi connectivity index (χ1) is 7.15. The Labute approximate surface area is 99.9 Å². The van der Waals surface area contributed by atoms with E-state index in [9.17, 15) is 4.79 Å². The van der Waals surface area contributed by atoms with Crippen LogP contribution in [0.25, 0.3) is 0 Å². The number of thiophene rings is 1. The van der Waals surface area contributed by atoms with Gasteiger partial charge < -0.3 is 0 Å². The van der Waals surface area contributed by atoms with Crippen molar-refractivity contribution in [2.45, 2.75) is 6.42 Å². The topological polar surface area (TPSA) is 34.9 Å². The van der Waals surface area contributed by atoms with Crippen LogP contribution in [0.5, 0.6) is 0 Å². The number of hydrogen-bond acceptors (Lipinski definition) is 3. The molecule has 0 N–H and O–H groups in total. The third-order valence-corrected chi connectivity index (χ3v) is 3.68. The second kappa shape index (κ2) is 4.28. The average molecular weight is 285 g/mol. The summed E-state index contributed by atoms with van der Waals surface area (Å²) in [5.41, 5.74) is 0.812. The van der Waals surface area contributed by atoms with Crippen LogP contribution >= 0.6 is 27.3 Å². The predicted octanol–water partition coefficient (Wildman–Crippen LogP) is 2.67. The maximum absolute atomic E-state index is 11.8. The van der Waals surface area contributed by atoms with Crippen molar-refractivity contribution in [3.05, 3.63) is 38.8 Å². The fourth-order valence-electron chi connectivity index (χ4n) is 1.27. The largest absolute Gasteiger partial charge is 0.293 e. The molecule has 0 amide bonds. The highest BCUT2D eigenvalue weighted by atomic mass is 79.9. The van der Waals surface area contributed by atoms with Crippen molar-refractivity contribution in [1.29, 1.82) is 0 Å². The van der Waals surface area contributed by atoms with Crippen LogP contribution in [-0.2, 0) is 13.5 Å². The van der Waals surface area contributed by atoms with E-state index in [4.69, 9.17) is 0 Å². The third kappa shape index (κ3) is 2.54. The fourth-order valence-corrected chi connectivity index (χ4v) is 2.64. The molecule has 2 aromatic heterocycles. The molecule has 0 saturated carbocycles. The molecule has 0 atom stereocenters. The average Bonchev–Trinajstić information content (AvgIpc) is 2.75. The molecule has 15 heavy (non-hydrogen) atoms. The van der Waals surface area contributed by atoms with E-state index in [0.717, 1.165) is 15.0 Å². The number of ketones is 1. The summed E-state index contributed by atoms with van der Waals surface area (Å²) in [5, 5.41) is 6.08. The normalized spacial score (nSPS) is 10.5. The zero-order valence-corrected chi connectivity index (χ0v) is 10.5. The Morgan fingerprint density at radius 3 is 3.00 bits per heavy atom. The summed E-state index contributed by atoms with van der Waals surface area (Å²) >= 11 is 4.78. The van der Waals surface area contributed by atoms with Gasteiger partial charge in [-0.2, -0.15) is 5.10 Å². The van der Waals surface area contributed by atoms with Gasteiger partial charge in [-0.3, -0.25) is 9.48 Å². The Hall–Kier alpha value is -0.940. The standard InChI is InChI=1S/C10H9BrN2OS/c1-13-3-2-8(12-13)5-9(14)10-4-7(11)6-15-10/h2-4,6H,5H2,1H3. The number of nitrogens with zero attached hydrogens (tertiary/aromatic N) is 2. The lowest BCUT2D eigenvalue weighted by molar-refractivity contribution is 0.0995. The van der Waals surface area contributed by atoms with E-state index in [0.29, 0.717) is 6.42 Å². The Kier molecular flexibility index (Phi) is 3.02. The first kappa shape index (κ1) is 10.6. The van der Waals surface area contributed by atoms with Gasteiger partial charge in [0.2, 0.25) is 0 Å². The molecule has 2 rings (SSSR count). The highest BCUT2D eigenvalue weighted by Gasteiger charge is 2.10. The molecular formula is C10H9BrN2OS. The van der Waals surface area contributed by atoms with E-state index in [1.165, 1.54) is 11.3 Å². The Balaban J connectivity index is 2.10. The van der Waals surface area contributed by atoms with Gasteiger partial charge in [-0.25, -0.2) is 0 Å². The molecule has 0 aliphatic carbocycles. The minimum Gasteiger partial charge on any atom is -0.293 e. The van der Waals surface area contributed by atoms with Gasteiger partial charge >= 0.3 is 0 Å². The van der Waals surface area contributed by atoms with Crippen LogP contribution in [0.15, 0.2) is 28.2 Å². The minimum atomic E-state index is 0.115.